The number of nitrogens with zero attached hydrogens (tertiary/aromatic N) is 2. The lowest BCUT2D eigenvalue weighted by Crippen LogP contribution is -2.07. The summed E-state index contributed by atoms with van der Waals surface area (Å²) in [6.07, 6.45) is -1.62. The molecule has 0 unspecified atom stereocenters. The first-order valence-electron chi connectivity index (χ1n) is 2.01. The van der Waals surface area contributed by atoms with Crippen molar-refractivity contribution in [2.75, 3.05) is 0 Å². The van der Waals surface area contributed by atoms with Crippen LogP contribution in [0.2, 0.25) is 0 Å². The molecule has 12 heavy (non-hydrogen) atoms. The third-order valence-corrected chi connectivity index (χ3v) is 0.326. The molecule has 11 nitrogen and oxygen atoms in total. The Labute approximate surface area is 62.6 Å². The number of rotatable bonds is 6. The Bertz CT molecular complexity index is 139. The largest absolute Gasteiger partial charge is 0.578 e. The molecule has 0 aromatic rings. The molecule has 0 aliphatic heterocycles. The van der Waals surface area contributed by atoms with Crippen molar-refractivity contribution >= 4 is 6.16 Å². The summed E-state index contributed by atoms with van der Waals surface area (Å²) in [6.45, 7) is 0. The van der Waals surface area contributed by atoms with Gasteiger partial charge in [0.25, 0.3) is 0 Å². The van der Waals surface area contributed by atoms with Gasteiger partial charge >= 0.3 is 6.16 Å². The highest BCUT2D eigenvalue weighted by Crippen LogP contribution is 1.90. The average molecular weight is 184 g/mol. The van der Waals surface area contributed by atoms with Crippen molar-refractivity contribution in [2.24, 2.45) is 10.7 Å². The molecule has 0 saturated carbocycles. The molecule has 0 atom stereocenters. The number of carbonyl (C=O) groups excluding carboxylic acids is 1. The molecule has 0 aromatic heterocycles. The smallest absolute Gasteiger partial charge is 0.215 e. The Kier molecular flexibility index (Phi) is 5.91. The molecule has 68 valence electrons. The minimum absolute atomic E-state index is 1.62. The maximum atomic E-state index is 10.1. The normalized spacial score (nSPS) is 8.00. The molecule has 0 aromatic carbocycles. The fourth-order valence-electron chi connectivity index (χ4n) is 0.125. The zero-order valence-electron chi connectivity index (χ0n) is 5.07. The molecule has 0 rings (SSSR count). The second kappa shape index (κ2) is 7.10. The van der Waals surface area contributed by atoms with Gasteiger partial charge in [0.15, 0.2) is 10.7 Å². The summed E-state index contributed by atoms with van der Waals surface area (Å²) < 4.78 is 0. The van der Waals surface area contributed by atoms with E-state index in [0.717, 1.165) is 0 Å². The first-order valence-corrected chi connectivity index (χ1v) is 2.01. The molecular weight excluding hydrogens is 184 g/mol. The summed E-state index contributed by atoms with van der Waals surface area (Å²) in [6, 6.07) is 0. The summed E-state index contributed by atoms with van der Waals surface area (Å²) in [5, 5.41) is 9.87. The van der Waals surface area contributed by atoms with E-state index in [1.165, 1.54) is 0 Å². The Morgan fingerprint density at radius 3 is 1.67 bits per heavy atom. The topological polar surface area (TPSA) is 131 Å². The van der Waals surface area contributed by atoms with Crippen LogP contribution in [-0.4, -0.2) is 6.16 Å². The third-order valence-electron chi connectivity index (χ3n) is 0.326. The summed E-state index contributed by atoms with van der Waals surface area (Å²) in [7, 11) is 0. The number of carbonyl (C=O) groups is 1. The Balaban J connectivity index is 3.21. The van der Waals surface area contributed by atoms with E-state index < -0.39 is 6.16 Å². The highest BCUT2D eigenvalue weighted by atomic mass is 17.6. The zero-order valence-corrected chi connectivity index (χ0v) is 5.07. The van der Waals surface area contributed by atoms with Crippen LogP contribution in [0.3, 0.4) is 0 Å². The summed E-state index contributed by atoms with van der Waals surface area (Å²) in [5.74, 6) is 0. The average Bonchev–Trinajstić information content (AvgIpc) is 2.06. The van der Waals surface area contributed by atoms with E-state index in [0.29, 0.717) is 0 Å². The van der Waals surface area contributed by atoms with Crippen molar-refractivity contribution in [1.82, 2.24) is 0 Å². The molecule has 0 bridgehead atoms. The second-order valence-electron chi connectivity index (χ2n) is 0.851. The monoisotopic (exact) mass is 184 g/mol. The lowest BCUT2D eigenvalue weighted by molar-refractivity contribution is -0.530. The van der Waals surface area contributed by atoms with E-state index in [4.69, 9.17) is 9.81 Å². The minimum Gasteiger partial charge on any atom is -0.215 e. The van der Waals surface area contributed by atoms with Crippen molar-refractivity contribution < 1.29 is 34.6 Å². The molecule has 11 heteroatoms. The Morgan fingerprint density at radius 2 is 1.33 bits per heavy atom. The van der Waals surface area contributed by atoms with Crippen LogP contribution in [0.15, 0.2) is 10.7 Å². The lowest BCUT2D eigenvalue weighted by Gasteiger charge is -1.94. The maximum absolute atomic E-state index is 10.1. The molecule has 0 radical (unpaired) electrons. The first kappa shape index (κ1) is 9.99. The van der Waals surface area contributed by atoms with Gasteiger partial charge in [0.1, 0.15) is 0 Å². The van der Waals surface area contributed by atoms with Crippen LogP contribution in [0, 0.1) is 9.81 Å². The van der Waals surface area contributed by atoms with Crippen LogP contribution in [0.4, 0.5) is 4.79 Å². The van der Waals surface area contributed by atoms with Gasteiger partial charge in [0.05, 0.1) is 10.1 Å². The molecular formula is CN2O9. The van der Waals surface area contributed by atoms with Gasteiger partial charge in [0.2, 0.25) is 0 Å². The van der Waals surface area contributed by atoms with Crippen molar-refractivity contribution in [3.63, 3.8) is 0 Å². The van der Waals surface area contributed by atoms with Crippen LogP contribution in [0.1, 0.15) is 0 Å². The SMILES string of the molecule is O=NOOOC(=O)OOON=O. The molecule has 0 spiro atoms. The number of hydrogen-bond acceptors (Lipinski definition) is 11. The van der Waals surface area contributed by atoms with Gasteiger partial charge in [0, 0.05) is 0 Å². The highest BCUT2D eigenvalue weighted by molar-refractivity contribution is 5.57. The van der Waals surface area contributed by atoms with Crippen LogP contribution in [-0.2, 0) is 29.8 Å². The first-order chi connectivity index (χ1) is 5.81. The van der Waals surface area contributed by atoms with Gasteiger partial charge in [-0.15, -0.1) is 19.8 Å². The number of hydrogen-bond donors (Lipinski definition) is 0. The van der Waals surface area contributed by atoms with Crippen molar-refractivity contribution in [2.45, 2.75) is 0 Å². The maximum Gasteiger partial charge on any atom is 0.578 e. The van der Waals surface area contributed by atoms with E-state index in [-0.39, 0.29) is 0 Å². The standard InChI is InChI=1S/CN2O9/c4-1(7-11-9-2-5)8-12-10-3-6. The van der Waals surface area contributed by atoms with Crippen LogP contribution in [0.25, 0.3) is 0 Å². The fourth-order valence-corrected chi connectivity index (χ4v) is 0.125. The minimum atomic E-state index is -1.62. The molecule has 0 aliphatic carbocycles. The lowest BCUT2D eigenvalue weighted by atomic mass is 11.4. The molecule has 0 aliphatic rings. The van der Waals surface area contributed by atoms with Gasteiger partial charge in [-0.3, -0.25) is 0 Å². The van der Waals surface area contributed by atoms with Gasteiger partial charge < -0.3 is 0 Å². The molecule has 0 fully saturated rings. The van der Waals surface area contributed by atoms with E-state index in [2.05, 4.69) is 29.8 Å². The van der Waals surface area contributed by atoms with Gasteiger partial charge in [-0.2, -0.15) is 4.79 Å². The van der Waals surface area contributed by atoms with Gasteiger partial charge in [-0.1, -0.05) is 0 Å². The summed E-state index contributed by atoms with van der Waals surface area (Å²) in [4.78, 5) is 41.4. The van der Waals surface area contributed by atoms with Gasteiger partial charge in [-0.25, -0.2) is 9.78 Å². The zero-order chi connectivity index (χ0) is 9.23. The Morgan fingerprint density at radius 1 is 0.917 bits per heavy atom. The van der Waals surface area contributed by atoms with E-state index in [1.807, 2.05) is 0 Å². The predicted octanol–water partition coefficient (Wildman–Crippen LogP) is 0.229. The van der Waals surface area contributed by atoms with Crippen LogP contribution in [0.5, 0.6) is 0 Å². The second-order valence-corrected chi connectivity index (χ2v) is 0.851. The van der Waals surface area contributed by atoms with E-state index in [1.54, 1.807) is 10.7 Å². The summed E-state index contributed by atoms with van der Waals surface area (Å²) >= 11 is 0. The molecule has 0 amide bonds. The van der Waals surface area contributed by atoms with Crippen molar-refractivity contribution in [3.8, 4) is 0 Å². The molecule has 0 saturated heterocycles. The highest BCUT2D eigenvalue weighted by Gasteiger charge is 2.08. The van der Waals surface area contributed by atoms with E-state index >= 15 is 0 Å². The molecule has 0 N–H and O–H groups in total. The summed E-state index contributed by atoms with van der Waals surface area (Å²) in [5.41, 5.74) is 0. The molecule has 0 heterocycles. The van der Waals surface area contributed by atoms with Crippen LogP contribution >= 0.6 is 0 Å². The van der Waals surface area contributed by atoms with Crippen LogP contribution < -0.4 is 0 Å². The van der Waals surface area contributed by atoms with Crippen molar-refractivity contribution in [1.29, 1.82) is 0 Å². The van der Waals surface area contributed by atoms with Gasteiger partial charge in [-0.05, 0) is 0 Å². The fraction of sp³-hybridized carbons (Fsp3) is 0. The quantitative estimate of drug-likeness (QED) is 0.246. The Hall–Kier alpha value is -2.01. The predicted molar refractivity (Wildman–Crippen MR) is 23.5 cm³/mol. The van der Waals surface area contributed by atoms with Crippen molar-refractivity contribution in [3.05, 3.63) is 9.81 Å². The van der Waals surface area contributed by atoms with E-state index in [9.17, 15) is 4.79 Å². The third kappa shape index (κ3) is 6.12.